The lowest BCUT2D eigenvalue weighted by Gasteiger charge is -2.27. The van der Waals surface area contributed by atoms with Gasteiger partial charge in [-0.2, -0.15) is 0 Å². The molecule has 0 aliphatic rings. The van der Waals surface area contributed by atoms with E-state index in [1.54, 1.807) is 6.92 Å². The van der Waals surface area contributed by atoms with Gasteiger partial charge in [0, 0.05) is 17.5 Å². The minimum Gasteiger partial charge on any atom is -0.464 e. The Kier molecular flexibility index (Phi) is 5.82. The highest BCUT2D eigenvalue weighted by molar-refractivity contribution is 8.01. The fourth-order valence-corrected chi connectivity index (χ4v) is 2.99. The van der Waals surface area contributed by atoms with Crippen molar-refractivity contribution in [2.24, 2.45) is 0 Å². The van der Waals surface area contributed by atoms with Gasteiger partial charge in [0.2, 0.25) is 5.91 Å². The lowest BCUT2D eigenvalue weighted by molar-refractivity contribution is -0.142. The SMILES string of the molecule is CC(=O)OCC(C)(Sc1ccccc1)C(=O)Nc1ccccc1. The summed E-state index contributed by atoms with van der Waals surface area (Å²) >= 11 is 1.37. The Morgan fingerprint density at radius 3 is 2.17 bits per heavy atom. The first-order chi connectivity index (χ1) is 11.0. The Morgan fingerprint density at radius 2 is 1.61 bits per heavy atom. The second kappa shape index (κ2) is 7.83. The number of amides is 1. The first kappa shape index (κ1) is 17.1. The summed E-state index contributed by atoms with van der Waals surface area (Å²) in [5.74, 6) is -0.615. The molecule has 0 bridgehead atoms. The second-order valence-electron chi connectivity index (χ2n) is 5.25. The average molecular weight is 329 g/mol. The molecule has 23 heavy (non-hydrogen) atoms. The fraction of sp³-hybridized carbons (Fsp3) is 0.222. The number of hydrogen-bond acceptors (Lipinski definition) is 4. The smallest absolute Gasteiger partial charge is 0.302 e. The van der Waals surface area contributed by atoms with E-state index in [-0.39, 0.29) is 12.5 Å². The van der Waals surface area contributed by atoms with Crippen molar-refractivity contribution in [1.29, 1.82) is 0 Å². The van der Waals surface area contributed by atoms with E-state index in [1.807, 2.05) is 60.7 Å². The monoisotopic (exact) mass is 329 g/mol. The number of anilines is 1. The van der Waals surface area contributed by atoms with E-state index < -0.39 is 10.7 Å². The molecule has 0 aromatic heterocycles. The van der Waals surface area contributed by atoms with E-state index in [0.717, 1.165) is 4.90 Å². The summed E-state index contributed by atoms with van der Waals surface area (Å²) in [7, 11) is 0. The zero-order valence-corrected chi connectivity index (χ0v) is 13.9. The summed E-state index contributed by atoms with van der Waals surface area (Å²) in [6, 6.07) is 18.8. The molecule has 0 spiro atoms. The van der Waals surface area contributed by atoms with Crippen molar-refractivity contribution < 1.29 is 14.3 Å². The van der Waals surface area contributed by atoms with Crippen LogP contribution >= 0.6 is 11.8 Å². The molecule has 1 N–H and O–H groups in total. The standard InChI is InChI=1S/C18H19NO3S/c1-14(20)22-13-18(2,23-16-11-7-4-8-12-16)17(21)19-15-9-5-3-6-10-15/h3-12H,13H2,1-2H3,(H,19,21). The summed E-state index contributed by atoms with van der Waals surface area (Å²) in [4.78, 5) is 24.8. The molecule has 2 aromatic carbocycles. The van der Waals surface area contributed by atoms with Gasteiger partial charge in [-0.1, -0.05) is 36.4 Å². The van der Waals surface area contributed by atoms with Gasteiger partial charge in [-0.25, -0.2) is 0 Å². The topological polar surface area (TPSA) is 55.4 Å². The van der Waals surface area contributed by atoms with Crippen molar-refractivity contribution in [3.8, 4) is 0 Å². The van der Waals surface area contributed by atoms with Crippen LogP contribution in [0.1, 0.15) is 13.8 Å². The molecule has 1 amide bonds. The predicted octanol–water partition coefficient (Wildman–Crippen LogP) is 3.74. The van der Waals surface area contributed by atoms with Crippen LogP contribution in [0.4, 0.5) is 5.69 Å². The summed E-state index contributed by atoms with van der Waals surface area (Å²) < 4.78 is 4.19. The van der Waals surface area contributed by atoms with Gasteiger partial charge in [0.05, 0.1) is 0 Å². The minimum atomic E-state index is -0.928. The maximum Gasteiger partial charge on any atom is 0.302 e. The van der Waals surface area contributed by atoms with Gasteiger partial charge in [0.25, 0.3) is 0 Å². The van der Waals surface area contributed by atoms with Gasteiger partial charge in [-0.3, -0.25) is 9.59 Å². The number of ether oxygens (including phenoxy) is 1. The minimum absolute atomic E-state index is 0.000557. The van der Waals surface area contributed by atoms with Gasteiger partial charge >= 0.3 is 5.97 Å². The van der Waals surface area contributed by atoms with Crippen molar-refractivity contribution in [2.75, 3.05) is 11.9 Å². The maximum absolute atomic E-state index is 12.7. The molecule has 2 rings (SSSR count). The van der Waals surface area contributed by atoms with Crippen molar-refractivity contribution in [3.63, 3.8) is 0 Å². The summed E-state index contributed by atoms with van der Waals surface area (Å²) in [5.41, 5.74) is 0.709. The zero-order valence-electron chi connectivity index (χ0n) is 13.1. The van der Waals surface area contributed by atoms with Crippen molar-refractivity contribution in [3.05, 3.63) is 60.7 Å². The molecule has 0 saturated heterocycles. The molecule has 5 heteroatoms. The molecule has 0 aliphatic carbocycles. The Bertz CT molecular complexity index is 660. The highest BCUT2D eigenvalue weighted by atomic mass is 32.2. The number of nitrogens with one attached hydrogen (secondary N) is 1. The first-order valence-electron chi connectivity index (χ1n) is 7.23. The highest BCUT2D eigenvalue weighted by Crippen LogP contribution is 2.34. The predicted molar refractivity (Wildman–Crippen MR) is 92.4 cm³/mol. The third-order valence-corrected chi connectivity index (χ3v) is 4.41. The molecule has 0 fully saturated rings. The summed E-state index contributed by atoms with van der Waals surface area (Å²) in [5, 5.41) is 2.88. The zero-order chi connectivity index (χ0) is 16.7. The lowest BCUT2D eigenvalue weighted by atomic mass is 10.1. The van der Waals surface area contributed by atoms with E-state index in [2.05, 4.69) is 5.32 Å². The van der Waals surface area contributed by atoms with Crippen LogP contribution in [0.2, 0.25) is 0 Å². The normalized spacial score (nSPS) is 13.0. The van der Waals surface area contributed by atoms with Gasteiger partial charge in [0.1, 0.15) is 11.4 Å². The lowest BCUT2D eigenvalue weighted by Crippen LogP contribution is -2.41. The Labute approximate surface area is 140 Å². The van der Waals surface area contributed by atoms with Crippen LogP contribution in [-0.4, -0.2) is 23.2 Å². The van der Waals surface area contributed by atoms with E-state index in [0.29, 0.717) is 5.69 Å². The molecular weight excluding hydrogens is 310 g/mol. The maximum atomic E-state index is 12.7. The van der Waals surface area contributed by atoms with Crippen molar-refractivity contribution >= 4 is 29.3 Å². The molecular formula is C18H19NO3S. The number of thioether (sulfide) groups is 1. The highest BCUT2D eigenvalue weighted by Gasteiger charge is 2.36. The van der Waals surface area contributed by atoms with Crippen LogP contribution in [0.15, 0.2) is 65.6 Å². The van der Waals surface area contributed by atoms with Crippen molar-refractivity contribution in [1.82, 2.24) is 0 Å². The fourth-order valence-electron chi connectivity index (χ4n) is 1.91. The number of esters is 1. The van der Waals surface area contributed by atoms with Gasteiger partial charge in [-0.15, -0.1) is 11.8 Å². The molecule has 0 heterocycles. The molecule has 0 saturated carbocycles. The van der Waals surface area contributed by atoms with Gasteiger partial charge in [0.15, 0.2) is 0 Å². The summed E-state index contributed by atoms with van der Waals surface area (Å²) in [6.45, 7) is 3.11. The molecule has 0 aliphatic heterocycles. The molecule has 0 radical (unpaired) electrons. The van der Waals surface area contributed by atoms with E-state index in [4.69, 9.17) is 4.74 Å². The van der Waals surface area contributed by atoms with E-state index in [1.165, 1.54) is 18.7 Å². The van der Waals surface area contributed by atoms with E-state index >= 15 is 0 Å². The van der Waals surface area contributed by atoms with Gasteiger partial charge < -0.3 is 10.1 Å². The average Bonchev–Trinajstić information content (AvgIpc) is 2.55. The Hall–Kier alpha value is -2.27. The number of hydrogen-bond donors (Lipinski definition) is 1. The Balaban J connectivity index is 2.17. The first-order valence-corrected chi connectivity index (χ1v) is 8.05. The molecule has 120 valence electrons. The largest absolute Gasteiger partial charge is 0.464 e. The van der Waals surface area contributed by atoms with Crippen LogP contribution in [0.3, 0.4) is 0 Å². The third-order valence-electron chi connectivity index (χ3n) is 3.15. The Morgan fingerprint density at radius 1 is 1.04 bits per heavy atom. The molecule has 4 nitrogen and oxygen atoms in total. The quantitative estimate of drug-likeness (QED) is 0.648. The van der Waals surface area contributed by atoms with Crippen LogP contribution in [0, 0.1) is 0 Å². The number of para-hydroxylation sites is 1. The third kappa shape index (κ3) is 5.14. The van der Waals surface area contributed by atoms with Crippen molar-refractivity contribution in [2.45, 2.75) is 23.5 Å². The van der Waals surface area contributed by atoms with Crippen LogP contribution in [-0.2, 0) is 14.3 Å². The number of rotatable bonds is 6. The molecule has 1 atom stereocenters. The second-order valence-corrected chi connectivity index (χ2v) is 6.82. The number of carbonyl (C=O) groups excluding carboxylic acids is 2. The molecule has 1 unspecified atom stereocenters. The van der Waals surface area contributed by atoms with E-state index in [9.17, 15) is 9.59 Å². The van der Waals surface area contributed by atoms with Crippen LogP contribution < -0.4 is 5.32 Å². The van der Waals surface area contributed by atoms with Crippen LogP contribution in [0.5, 0.6) is 0 Å². The van der Waals surface area contributed by atoms with Gasteiger partial charge in [-0.05, 0) is 31.2 Å². The number of benzene rings is 2. The number of carbonyl (C=O) groups is 2. The molecule has 2 aromatic rings. The summed E-state index contributed by atoms with van der Waals surface area (Å²) in [6.07, 6.45) is 0. The van der Waals surface area contributed by atoms with Crippen LogP contribution in [0.25, 0.3) is 0 Å².